The molecule has 1 fully saturated rings. The second-order valence-electron chi connectivity index (χ2n) is 5.04. The van der Waals surface area contributed by atoms with Crippen LogP contribution >= 0.6 is 0 Å². The summed E-state index contributed by atoms with van der Waals surface area (Å²) >= 11 is 0. The summed E-state index contributed by atoms with van der Waals surface area (Å²) in [5.41, 5.74) is 5.66. The molecule has 0 spiro atoms. The summed E-state index contributed by atoms with van der Waals surface area (Å²) in [6, 6.07) is -0.0675. The van der Waals surface area contributed by atoms with Crippen molar-refractivity contribution in [3.63, 3.8) is 0 Å². The minimum atomic E-state index is -0.0675. The summed E-state index contributed by atoms with van der Waals surface area (Å²) in [6.07, 6.45) is 0. The second-order valence-corrected chi connectivity index (χ2v) is 5.04. The largest absolute Gasteiger partial charge is 0.378 e. The number of carbonyl (C=O) groups excluding carboxylic acids is 1. The minimum Gasteiger partial charge on any atom is -0.378 e. The monoisotopic (exact) mass is 257 g/mol. The van der Waals surface area contributed by atoms with E-state index in [1.54, 1.807) is 0 Å². The number of ether oxygens (including phenoxy) is 1. The molecule has 5 heteroatoms. The van der Waals surface area contributed by atoms with Gasteiger partial charge in [0, 0.05) is 19.6 Å². The number of amides is 1. The first-order valence-corrected chi connectivity index (χ1v) is 6.90. The van der Waals surface area contributed by atoms with E-state index in [1.165, 1.54) is 0 Å². The van der Waals surface area contributed by atoms with E-state index in [0.717, 1.165) is 13.1 Å². The van der Waals surface area contributed by atoms with E-state index < -0.39 is 0 Å². The van der Waals surface area contributed by atoms with Crippen LogP contribution < -0.4 is 5.73 Å². The maximum atomic E-state index is 12.4. The van der Waals surface area contributed by atoms with Crippen LogP contribution in [0.4, 0.5) is 0 Å². The van der Waals surface area contributed by atoms with E-state index in [2.05, 4.69) is 18.7 Å². The maximum absolute atomic E-state index is 12.4. The predicted molar refractivity (Wildman–Crippen MR) is 72.3 cm³/mol. The normalized spacial score (nSPS) is 19.9. The Morgan fingerprint density at radius 1 is 1.39 bits per heavy atom. The van der Waals surface area contributed by atoms with Gasteiger partial charge >= 0.3 is 0 Å². The van der Waals surface area contributed by atoms with Crippen LogP contribution in [-0.4, -0.2) is 67.7 Å². The van der Waals surface area contributed by atoms with Crippen LogP contribution in [0.3, 0.4) is 0 Å². The molecule has 1 aliphatic rings. The van der Waals surface area contributed by atoms with Crippen LogP contribution in [0.25, 0.3) is 0 Å². The molecule has 1 rings (SSSR count). The van der Waals surface area contributed by atoms with Gasteiger partial charge < -0.3 is 15.4 Å². The van der Waals surface area contributed by atoms with Gasteiger partial charge in [0.1, 0.15) is 0 Å². The number of morpholine rings is 1. The molecule has 0 radical (unpaired) electrons. The van der Waals surface area contributed by atoms with Crippen molar-refractivity contribution in [1.82, 2.24) is 9.80 Å². The van der Waals surface area contributed by atoms with Gasteiger partial charge in [0.2, 0.25) is 5.91 Å². The van der Waals surface area contributed by atoms with Crippen molar-refractivity contribution in [2.75, 3.05) is 45.9 Å². The number of nitrogens with zero attached hydrogens (tertiary/aromatic N) is 2. The SMILES string of the molecule is CCN(CC(C)CN)C(C)C(=O)N1CCOCC1. The lowest BCUT2D eigenvalue weighted by Gasteiger charge is -2.34. The Balaban J connectivity index is 2.53. The van der Waals surface area contributed by atoms with Crippen LogP contribution in [0.15, 0.2) is 0 Å². The number of hydrogen-bond donors (Lipinski definition) is 1. The van der Waals surface area contributed by atoms with Crippen LogP contribution in [0.2, 0.25) is 0 Å². The van der Waals surface area contributed by atoms with Gasteiger partial charge in [0.25, 0.3) is 0 Å². The first kappa shape index (κ1) is 15.4. The Hall–Kier alpha value is -0.650. The zero-order chi connectivity index (χ0) is 13.5. The molecular weight excluding hydrogens is 230 g/mol. The molecule has 1 amide bonds. The number of likely N-dealkylation sites (N-methyl/N-ethyl adjacent to an activating group) is 1. The van der Waals surface area contributed by atoms with Crippen molar-refractivity contribution in [2.45, 2.75) is 26.8 Å². The maximum Gasteiger partial charge on any atom is 0.239 e. The standard InChI is InChI=1S/C13H27N3O2/c1-4-15(10-11(2)9-14)12(3)13(17)16-5-7-18-8-6-16/h11-12H,4-10,14H2,1-3H3. The fourth-order valence-corrected chi connectivity index (χ4v) is 2.24. The van der Waals surface area contributed by atoms with Gasteiger partial charge in [0.05, 0.1) is 19.3 Å². The Morgan fingerprint density at radius 2 is 2.00 bits per heavy atom. The van der Waals surface area contributed by atoms with E-state index in [-0.39, 0.29) is 11.9 Å². The smallest absolute Gasteiger partial charge is 0.239 e. The quantitative estimate of drug-likeness (QED) is 0.736. The first-order valence-electron chi connectivity index (χ1n) is 6.90. The molecule has 0 aromatic rings. The van der Waals surface area contributed by atoms with Crippen LogP contribution in [0.5, 0.6) is 0 Å². The van der Waals surface area contributed by atoms with Crippen molar-refractivity contribution >= 4 is 5.91 Å². The van der Waals surface area contributed by atoms with Crippen LogP contribution in [0, 0.1) is 5.92 Å². The summed E-state index contributed by atoms with van der Waals surface area (Å²) in [7, 11) is 0. The van der Waals surface area contributed by atoms with E-state index in [1.807, 2.05) is 11.8 Å². The molecule has 2 N–H and O–H groups in total. The average molecular weight is 257 g/mol. The zero-order valence-corrected chi connectivity index (χ0v) is 11.9. The molecule has 0 aromatic heterocycles. The lowest BCUT2D eigenvalue weighted by molar-refractivity contribution is -0.140. The van der Waals surface area contributed by atoms with E-state index in [0.29, 0.717) is 38.8 Å². The molecule has 5 nitrogen and oxygen atoms in total. The highest BCUT2D eigenvalue weighted by Crippen LogP contribution is 2.09. The van der Waals surface area contributed by atoms with E-state index >= 15 is 0 Å². The molecule has 2 atom stereocenters. The highest BCUT2D eigenvalue weighted by Gasteiger charge is 2.26. The third-order valence-corrected chi connectivity index (χ3v) is 3.58. The average Bonchev–Trinajstić information content (AvgIpc) is 2.43. The van der Waals surface area contributed by atoms with Gasteiger partial charge in [-0.2, -0.15) is 0 Å². The molecule has 106 valence electrons. The van der Waals surface area contributed by atoms with Crippen molar-refractivity contribution in [3.05, 3.63) is 0 Å². The fraction of sp³-hybridized carbons (Fsp3) is 0.923. The van der Waals surface area contributed by atoms with Gasteiger partial charge in [-0.15, -0.1) is 0 Å². The number of nitrogens with two attached hydrogens (primary N) is 1. The summed E-state index contributed by atoms with van der Waals surface area (Å²) in [6.45, 7) is 11.4. The van der Waals surface area contributed by atoms with Gasteiger partial charge in [-0.3, -0.25) is 9.69 Å². The Labute approximate surface area is 110 Å². The number of hydrogen-bond acceptors (Lipinski definition) is 4. The van der Waals surface area contributed by atoms with Crippen molar-refractivity contribution in [2.24, 2.45) is 11.7 Å². The summed E-state index contributed by atoms with van der Waals surface area (Å²) in [5, 5.41) is 0. The topological polar surface area (TPSA) is 58.8 Å². The molecule has 0 aliphatic carbocycles. The fourth-order valence-electron chi connectivity index (χ4n) is 2.24. The van der Waals surface area contributed by atoms with Crippen molar-refractivity contribution in [3.8, 4) is 0 Å². The van der Waals surface area contributed by atoms with Gasteiger partial charge in [0.15, 0.2) is 0 Å². The molecular formula is C13H27N3O2. The van der Waals surface area contributed by atoms with Gasteiger partial charge in [-0.1, -0.05) is 13.8 Å². The highest BCUT2D eigenvalue weighted by atomic mass is 16.5. The number of carbonyl (C=O) groups is 1. The number of rotatable bonds is 6. The molecule has 1 saturated heterocycles. The van der Waals surface area contributed by atoms with Crippen LogP contribution in [0.1, 0.15) is 20.8 Å². The van der Waals surface area contributed by atoms with Crippen molar-refractivity contribution < 1.29 is 9.53 Å². The van der Waals surface area contributed by atoms with Crippen LogP contribution in [-0.2, 0) is 9.53 Å². The van der Waals surface area contributed by atoms with Gasteiger partial charge in [-0.25, -0.2) is 0 Å². The molecule has 0 bridgehead atoms. The molecule has 2 unspecified atom stereocenters. The second kappa shape index (κ2) is 7.71. The molecule has 18 heavy (non-hydrogen) atoms. The zero-order valence-electron chi connectivity index (χ0n) is 11.9. The third-order valence-electron chi connectivity index (χ3n) is 3.58. The van der Waals surface area contributed by atoms with Crippen molar-refractivity contribution in [1.29, 1.82) is 0 Å². The Kier molecular flexibility index (Phi) is 6.60. The lowest BCUT2D eigenvalue weighted by atomic mass is 10.1. The minimum absolute atomic E-state index is 0.0675. The Bertz CT molecular complexity index is 255. The molecule has 0 aromatic carbocycles. The molecule has 1 heterocycles. The third kappa shape index (κ3) is 4.23. The summed E-state index contributed by atoms with van der Waals surface area (Å²) < 4.78 is 5.27. The molecule has 1 aliphatic heterocycles. The first-order chi connectivity index (χ1) is 8.60. The predicted octanol–water partition coefficient (Wildman–Crippen LogP) is 0.150. The Morgan fingerprint density at radius 3 is 2.50 bits per heavy atom. The van der Waals surface area contributed by atoms with E-state index in [9.17, 15) is 4.79 Å². The molecule has 0 saturated carbocycles. The lowest BCUT2D eigenvalue weighted by Crippen LogP contribution is -2.51. The highest BCUT2D eigenvalue weighted by molar-refractivity contribution is 5.81. The summed E-state index contributed by atoms with van der Waals surface area (Å²) in [5.74, 6) is 0.634. The van der Waals surface area contributed by atoms with E-state index in [4.69, 9.17) is 10.5 Å². The summed E-state index contributed by atoms with van der Waals surface area (Å²) in [4.78, 5) is 16.5. The van der Waals surface area contributed by atoms with Gasteiger partial charge in [-0.05, 0) is 25.9 Å².